The Kier molecular flexibility index (Phi) is 9.82. The Morgan fingerprint density at radius 1 is 0.646 bits per heavy atom. The van der Waals surface area contributed by atoms with Gasteiger partial charge in [0.05, 0.1) is 51.6 Å². The van der Waals surface area contributed by atoms with Crippen molar-refractivity contribution in [2.45, 2.75) is 19.0 Å². The number of aromatic nitrogens is 2. The number of pyridine rings is 2. The number of ether oxygens (including phenoxy) is 1. The monoisotopic (exact) mass is 710 g/mol. The molecule has 0 amide bonds. The van der Waals surface area contributed by atoms with Gasteiger partial charge in [0.2, 0.25) is 0 Å². The van der Waals surface area contributed by atoms with Crippen LogP contribution in [0.15, 0.2) is 84.9 Å². The van der Waals surface area contributed by atoms with Crippen molar-refractivity contribution in [3.63, 3.8) is 0 Å². The van der Waals surface area contributed by atoms with E-state index in [1.54, 1.807) is 36.4 Å². The molecule has 248 valence electrons. The molecule has 0 spiro atoms. The number of hydrogen-bond donors (Lipinski definition) is 1. The summed E-state index contributed by atoms with van der Waals surface area (Å²) in [7, 11) is 1.31. The van der Waals surface area contributed by atoms with E-state index in [9.17, 15) is 40.2 Å². The van der Waals surface area contributed by atoms with Gasteiger partial charge < -0.3 is 9.84 Å². The smallest absolute Gasteiger partial charge is 0.417 e. The molecular weight excluding hydrogens is 691 g/mol. The minimum Gasteiger partial charge on any atom is -0.494 e. The van der Waals surface area contributed by atoms with Crippen molar-refractivity contribution < 1.29 is 45.0 Å². The lowest BCUT2D eigenvalue weighted by molar-refractivity contribution is -0.138. The predicted molar refractivity (Wildman–Crippen MR) is 167 cm³/mol. The van der Waals surface area contributed by atoms with Crippen LogP contribution in [0.3, 0.4) is 0 Å². The van der Waals surface area contributed by atoms with Gasteiger partial charge in [-0.2, -0.15) is 26.3 Å². The first kappa shape index (κ1) is 34.8. The standard InChI is InChI=1S/2C17H10ClF4NO/c1-24-14-7-9-3-2-4-13(18)15(9)23-16(14)11-8-10(19)5-6-12(11)17(20,21)22;18-14-3-1-2-9-6-10(8-24)15(23-16(9)14)12-7-11(19)4-5-13(12)17(20,21)22/h2-8H,1H3;1-7,24H,8H2. The number of aliphatic hydroxyl groups is 1. The van der Waals surface area contributed by atoms with Gasteiger partial charge >= 0.3 is 12.4 Å². The number of methoxy groups -OCH3 is 1. The zero-order valence-electron chi connectivity index (χ0n) is 24.3. The first-order chi connectivity index (χ1) is 22.6. The molecule has 0 saturated carbocycles. The highest BCUT2D eigenvalue weighted by Gasteiger charge is 2.36. The molecule has 0 unspecified atom stereocenters. The topological polar surface area (TPSA) is 55.2 Å². The highest BCUT2D eigenvalue weighted by atomic mass is 35.5. The van der Waals surface area contributed by atoms with E-state index in [0.717, 1.165) is 24.3 Å². The first-order valence-electron chi connectivity index (χ1n) is 13.7. The van der Waals surface area contributed by atoms with Crippen LogP contribution in [0.25, 0.3) is 44.3 Å². The molecular formula is C34H20Cl2F8N2O2. The fourth-order valence-electron chi connectivity index (χ4n) is 4.97. The summed E-state index contributed by atoms with van der Waals surface area (Å²) in [5, 5.41) is 11.2. The van der Waals surface area contributed by atoms with Gasteiger partial charge in [-0.15, -0.1) is 0 Å². The highest BCUT2D eigenvalue weighted by molar-refractivity contribution is 6.35. The summed E-state index contributed by atoms with van der Waals surface area (Å²) in [6.07, 6.45) is -9.35. The Labute approximate surface area is 277 Å². The average molecular weight is 711 g/mol. The Bertz CT molecular complexity index is 2000. The quantitative estimate of drug-likeness (QED) is 0.185. The molecule has 0 aliphatic heterocycles. The van der Waals surface area contributed by atoms with E-state index in [1.807, 2.05) is 0 Å². The molecule has 0 atom stereocenters. The third-order valence-electron chi connectivity index (χ3n) is 7.11. The number of rotatable bonds is 4. The summed E-state index contributed by atoms with van der Waals surface area (Å²) in [5.74, 6) is -1.54. The molecule has 0 saturated heterocycles. The van der Waals surface area contributed by atoms with Crippen LogP contribution in [0.4, 0.5) is 35.1 Å². The van der Waals surface area contributed by atoms with E-state index in [0.29, 0.717) is 28.4 Å². The summed E-state index contributed by atoms with van der Waals surface area (Å²) in [4.78, 5) is 8.38. The lowest BCUT2D eigenvalue weighted by Gasteiger charge is -2.15. The van der Waals surface area contributed by atoms with Crippen molar-refractivity contribution in [1.29, 1.82) is 0 Å². The number of fused-ring (bicyclic) bond motifs is 2. The van der Waals surface area contributed by atoms with E-state index in [4.69, 9.17) is 27.9 Å². The van der Waals surface area contributed by atoms with Crippen LogP contribution >= 0.6 is 23.2 Å². The third kappa shape index (κ3) is 7.15. The Balaban J connectivity index is 0.000000188. The van der Waals surface area contributed by atoms with Gasteiger partial charge in [0.15, 0.2) is 0 Å². The molecule has 0 fully saturated rings. The maximum absolute atomic E-state index is 13.6. The number of benzene rings is 4. The second kappa shape index (κ2) is 13.5. The van der Waals surface area contributed by atoms with Gasteiger partial charge in [0.25, 0.3) is 0 Å². The largest absolute Gasteiger partial charge is 0.494 e. The second-order valence-electron chi connectivity index (χ2n) is 10.2. The van der Waals surface area contributed by atoms with Gasteiger partial charge in [-0.3, -0.25) is 0 Å². The molecule has 0 radical (unpaired) electrons. The van der Waals surface area contributed by atoms with Gasteiger partial charge in [0, 0.05) is 27.5 Å². The molecule has 4 nitrogen and oxygen atoms in total. The van der Waals surface area contributed by atoms with E-state index in [2.05, 4.69) is 9.97 Å². The third-order valence-corrected chi connectivity index (χ3v) is 7.72. The normalized spacial score (nSPS) is 11.8. The molecule has 0 bridgehead atoms. The van der Waals surface area contributed by atoms with Crippen LogP contribution in [0.1, 0.15) is 16.7 Å². The lowest BCUT2D eigenvalue weighted by Crippen LogP contribution is -2.09. The van der Waals surface area contributed by atoms with Crippen LogP contribution in [-0.2, 0) is 19.0 Å². The van der Waals surface area contributed by atoms with E-state index >= 15 is 0 Å². The van der Waals surface area contributed by atoms with Crippen LogP contribution in [0.5, 0.6) is 5.75 Å². The number of para-hydroxylation sites is 2. The van der Waals surface area contributed by atoms with Crippen molar-refractivity contribution in [3.8, 4) is 28.3 Å². The number of halogens is 10. The van der Waals surface area contributed by atoms with Crippen molar-refractivity contribution >= 4 is 45.0 Å². The van der Waals surface area contributed by atoms with Crippen LogP contribution in [-0.4, -0.2) is 22.2 Å². The molecule has 4 aromatic carbocycles. The van der Waals surface area contributed by atoms with Crippen molar-refractivity contribution in [2.24, 2.45) is 0 Å². The number of alkyl halides is 6. The van der Waals surface area contributed by atoms with Gasteiger partial charge in [-0.05, 0) is 60.7 Å². The maximum Gasteiger partial charge on any atom is 0.417 e. The van der Waals surface area contributed by atoms with Crippen molar-refractivity contribution in [3.05, 3.63) is 123 Å². The molecule has 0 aliphatic rings. The average Bonchev–Trinajstić information content (AvgIpc) is 3.03. The summed E-state index contributed by atoms with van der Waals surface area (Å²) >= 11 is 12.1. The Morgan fingerprint density at radius 2 is 1.10 bits per heavy atom. The van der Waals surface area contributed by atoms with E-state index in [-0.39, 0.29) is 38.3 Å². The molecule has 14 heteroatoms. The molecule has 2 aromatic heterocycles. The Morgan fingerprint density at radius 3 is 1.56 bits per heavy atom. The van der Waals surface area contributed by atoms with Gasteiger partial charge in [0.1, 0.15) is 23.1 Å². The molecule has 0 aliphatic carbocycles. The molecule has 1 N–H and O–H groups in total. The second-order valence-corrected chi connectivity index (χ2v) is 11.0. The fraction of sp³-hybridized carbons (Fsp3) is 0.118. The maximum atomic E-state index is 13.6. The van der Waals surface area contributed by atoms with E-state index in [1.165, 1.54) is 19.2 Å². The molecule has 48 heavy (non-hydrogen) atoms. The lowest BCUT2D eigenvalue weighted by atomic mass is 9.98. The van der Waals surface area contributed by atoms with Crippen LogP contribution in [0.2, 0.25) is 10.0 Å². The number of aliphatic hydroxyl groups excluding tert-OH is 1. The number of hydrogen-bond acceptors (Lipinski definition) is 4. The highest BCUT2D eigenvalue weighted by Crippen LogP contribution is 2.42. The van der Waals surface area contributed by atoms with Crippen LogP contribution < -0.4 is 4.74 Å². The zero-order valence-corrected chi connectivity index (χ0v) is 25.8. The molecule has 2 heterocycles. The minimum atomic E-state index is -4.69. The summed E-state index contributed by atoms with van der Waals surface area (Å²) in [5.41, 5.74) is -2.39. The first-order valence-corrected chi connectivity index (χ1v) is 14.4. The number of nitrogens with zero attached hydrogens (tertiary/aromatic N) is 2. The predicted octanol–water partition coefficient (Wildman–Crippen LogP) is 10.9. The molecule has 6 aromatic rings. The fourth-order valence-corrected chi connectivity index (χ4v) is 5.42. The van der Waals surface area contributed by atoms with Crippen molar-refractivity contribution in [1.82, 2.24) is 9.97 Å². The summed E-state index contributed by atoms with van der Waals surface area (Å²) in [6, 6.07) is 17.2. The van der Waals surface area contributed by atoms with Gasteiger partial charge in [-0.25, -0.2) is 18.7 Å². The van der Waals surface area contributed by atoms with Crippen LogP contribution in [0, 0.1) is 11.6 Å². The van der Waals surface area contributed by atoms with Crippen molar-refractivity contribution in [2.75, 3.05) is 7.11 Å². The van der Waals surface area contributed by atoms with Gasteiger partial charge in [-0.1, -0.05) is 47.5 Å². The summed E-state index contributed by atoms with van der Waals surface area (Å²) < 4.78 is 112. The summed E-state index contributed by atoms with van der Waals surface area (Å²) in [6.45, 7) is -0.543. The Hall–Kier alpha value is -4.52. The minimum absolute atomic E-state index is 0.0980. The molecule has 6 rings (SSSR count). The SMILES string of the molecule is COc1cc2cccc(Cl)c2nc1-c1cc(F)ccc1C(F)(F)F.OCc1cc2cccc(Cl)c2nc1-c1cc(F)ccc1C(F)(F)F. The van der Waals surface area contributed by atoms with E-state index < -0.39 is 52.8 Å². The zero-order chi connectivity index (χ0) is 35.0.